The molecule has 1 fully saturated rings. The van der Waals surface area contributed by atoms with Gasteiger partial charge < -0.3 is 9.42 Å². The molecule has 2 aromatic rings. The van der Waals surface area contributed by atoms with E-state index in [9.17, 15) is 9.18 Å². The summed E-state index contributed by atoms with van der Waals surface area (Å²) in [6, 6.07) is 8.30. The summed E-state index contributed by atoms with van der Waals surface area (Å²) in [6.07, 6.45) is 4.19. The number of nitrogens with zero attached hydrogens (tertiary/aromatic N) is 2. The van der Waals surface area contributed by atoms with Gasteiger partial charge in [-0.25, -0.2) is 4.39 Å². The molecule has 0 unspecified atom stereocenters. The molecule has 23 heavy (non-hydrogen) atoms. The van der Waals surface area contributed by atoms with Gasteiger partial charge in [-0.2, -0.15) is 0 Å². The molecule has 1 aliphatic rings. The first-order valence-electron chi connectivity index (χ1n) is 8.10. The zero-order chi connectivity index (χ0) is 16.2. The van der Waals surface area contributed by atoms with Crippen LogP contribution in [0.2, 0.25) is 0 Å². The average Bonchev–Trinajstić information content (AvgIpc) is 2.79. The number of aromatic nitrogens is 1. The Hall–Kier alpha value is -2.17. The summed E-state index contributed by atoms with van der Waals surface area (Å²) in [7, 11) is 0. The van der Waals surface area contributed by atoms with Gasteiger partial charge in [0.25, 0.3) is 0 Å². The van der Waals surface area contributed by atoms with E-state index in [4.69, 9.17) is 4.52 Å². The van der Waals surface area contributed by atoms with Crippen LogP contribution in [0.4, 0.5) is 4.39 Å². The van der Waals surface area contributed by atoms with Crippen molar-refractivity contribution >= 4 is 5.91 Å². The summed E-state index contributed by atoms with van der Waals surface area (Å²) in [5.41, 5.74) is 1.64. The summed E-state index contributed by atoms with van der Waals surface area (Å²) in [4.78, 5) is 14.6. The monoisotopic (exact) mass is 316 g/mol. The molecular weight excluding hydrogens is 295 g/mol. The molecule has 1 amide bonds. The fourth-order valence-electron chi connectivity index (χ4n) is 3.22. The molecule has 1 aromatic carbocycles. The van der Waals surface area contributed by atoms with Gasteiger partial charge in [0, 0.05) is 12.6 Å². The van der Waals surface area contributed by atoms with Crippen molar-refractivity contribution in [3.8, 4) is 0 Å². The molecule has 122 valence electrons. The Kier molecular flexibility index (Phi) is 4.74. The van der Waals surface area contributed by atoms with Gasteiger partial charge in [-0.05, 0) is 37.5 Å². The number of aryl methyl sites for hydroxylation is 1. The first-order valence-corrected chi connectivity index (χ1v) is 8.10. The number of amides is 1. The van der Waals surface area contributed by atoms with Crippen molar-refractivity contribution in [2.75, 3.05) is 6.54 Å². The van der Waals surface area contributed by atoms with Crippen LogP contribution in [0, 0.1) is 12.7 Å². The van der Waals surface area contributed by atoms with Crippen molar-refractivity contribution in [1.82, 2.24) is 10.1 Å². The maximum absolute atomic E-state index is 13.6. The van der Waals surface area contributed by atoms with Crippen LogP contribution in [0.25, 0.3) is 0 Å². The molecule has 0 saturated carbocycles. The highest BCUT2D eigenvalue weighted by atomic mass is 19.1. The van der Waals surface area contributed by atoms with Crippen LogP contribution < -0.4 is 0 Å². The van der Waals surface area contributed by atoms with E-state index in [2.05, 4.69) is 5.16 Å². The molecule has 4 nitrogen and oxygen atoms in total. The third kappa shape index (κ3) is 3.78. The normalized spacial score (nSPS) is 18.7. The van der Waals surface area contributed by atoms with Crippen LogP contribution in [0.15, 0.2) is 34.9 Å². The Morgan fingerprint density at radius 3 is 2.96 bits per heavy atom. The molecule has 2 heterocycles. The van der Waals surface area contributed by atoms with E-state index in [-0.39, 0.29) is 24.2 Å². The number of hydrogen-bond acceptors (Lipinski definition) is 3. The number of likely N-dealkylation sites (tertiary alicyclic amines) is 1. The molecule has 0 aliphatic carbocycles. The van der Waals surface area contributed by atoms with Gasteiger partial charge in [-0.3, -0.25) is 4.79 Å². The van der Waals surface area contributed by atoms with E-state index < -0.39 is 0 Å². The van der Waals surface area contributed by atoms with Crippen LogP contribution in [-0.4, -0.2) is 22.5 Å². The van der Waals surface area contributed by atoms with Crippen molar-refractivity contribution in [1.29, 1.82) is 0 Å². The smallest absolute Gasteiger partial charge is 0.230 e. The van der Waals surface area contributed by atoms with Gasteiger partial charge >= 0.3 is 0 Å². The highest BCUT2D eigenvalue weighted by molar-refractivity contribution is 5.78. The summed E-state index contributed by atoms with van der Waals surface area (Å²) in [5.74, 6) is 0.331. The number of halogens is 1. The Morgan fingerprint density at radius 2 is 2.22 bits per heavy atom. The number of rotatable bonds is 3. The third-order valence-electron chi connectivity index (χ3n) is 4.31. The molecule has 0 radical (unpaired) electrons. The largest absolute Gasteiger partial charge is 0.361 e. The number of hydrogen-bond donors (Lipinski definition) is 0. The van der Waals surface area contributed by atoms with Gasteiger partial charge in [0.1, 0.15) is 11.6 Å². The van der Waals surface area contributed by atoms with Gasteiger partial charge in [-0.1, -0.05) is 30.1 Å². The number of carbonyl (C=O) groups is 1. The highest BCUT2D eigenvalue weighted by Gasteiger charge is 2.27. The van der Waals surface area contributed by atoms with Crippen molar-refractivity contribution in [3.63, 3.8) is 0 Å². The van der Waals surface area contributed by atoms with E-state index in [1.807, 2.05) is 17.9 Å². The predicted octanol–water partition coefficient (Wildman–Crippen LogP) is 3.81. The maximum atomic E-state index is 13.6. The summed E-state index contributed by atoms with van der Waals surface area (Å²) >= 11 is 0. The highest BCUT2D eigenvalue weighted by Crippen LogP contribution is 2.31. The second-order valence-electron chi connectivity index (χ2n) is 6.12. The number of benzene rings is 1. The van der Waals surface area contributed by atoms with Crippen molar-refractivity contribution in [2.45, 2.75) is 45.1 Å². The van der Waals surface area contributed by atoms with Crippen molar-refractivity contribution in [2.24, 2.45) is 0 Å². The second-order valence-corrected chi connectivity index (χ2v) is 6.12. The topological polar surface area (TPSA) is 46.3 Å². The number of carbonyl (C=O) groups excluding carboxylic acids is 1. The Balaban J connectivity index is 1.82. The van der Waals surface area contributed by atoms with E-state index in [1.54, 1.807) is 12.1 Å². The quantitative estimate of drug-likeness (QED) is 0.865. The zero-order valence-electron chi connectivity index (χ0n) is 13.3. The molecule has 5 heteroatoms. The molecular formula is C18H21FN2O2. The average molecular weight is 316 g/mol. The first-order chi connectivity index (χ1) is 11.1. The molecule has 1 aromatic heterocycles. The zero-order valence-corrected chi connectivity index (χ0v) is 13.3. The molecule has 1 aliphatic heterocycles. The van der Waals surface area contributed by atoms with Crippen molar-refractivity contribution < 1.29 is 13.7 Å². The van der Waals surface area contributed by atoms with Crippen LogP contribution in [-0.2, 0) is 11.2 Å². The molecule has 3 rings (SSSR count). The lowest BCUT2D eigenvalue weighted by Gasteiger charge is -2.30. The Bertz CT molecular complexity index is 683. The molecule has 0 N–H and O–H groups in total. The molecule has 0 bridgehead atoms. The minimum absolute atomic E-state index is 0.0114. The fraction of sp³-hybridized carbons (Fsp3) is 0.444. The molecule has 1 saturated heterocycles. The fourth-order valence-corrected chi connectivity index (χ4v) is 3.22. The summed E-state index contributed by atoms with van der Waals surface area (Å²) < 4.78 is 18.7. The lowest BCUT2D eigenvalue weighted by molar-refractivity contribution is -0.133. The van der Waals surface area contributed by atoms with E-state index in [0.717, 1.165) is 36.9 Å². The SMILES string of the molecule is Cc1cc(CC(=O)N2CCCCC[C@H]2c2cccc(F)c2)on1. The van der Waals surface area contributed by atoms with Gasteiger partial charge in [0.2, 0.25) is 5.91 Å². The van der Waals surface area contributed by atoms with E-state index in [1.165, 1.54) is 12.1 Å². The van der Waals surface area contributed by atoms with Crippen molar-refractivity contribution in [3.05, 3.63) is 53.2 Å². The van der Waals surface area contributed by atoms with Gasteiger partial charge in [0.05, 0.1) is 18.2 Å². The minimum Gasteiger partial charge on any atom is -0.361 e. The predicted molar refractivity (Wildman–Crippen MR) is 84.3 cm³/mol. The molecule has 1 atom stereocenters. The van der Waals surface area contributed by atoms with Gasteiger partial charge in [0.15, 0.2) is 0 Å². The maximum Gasteiger partial charge on any atom is 0.230 e. The van der Waals surface area contributed by atoms with Crippen LogP contribution in [0.3, 0.4) is 0 Å². The Morgan fingerprint density at radius 1 is 1.35 bits per heavy atom. The lowest BCUT2D eigenvalue weighted by atomic mass is 10.0. The first kappa shape index (κ1) is 15.7. The van der Waals surface area contributed by atoms with E-state index in [0.29, 0.717) is 12.3 Å². The summed E-state index contributed by atoms with van der Waals surface area (Å²) in [6.45, 7) is 2.53. The second kappa shape index (κ2) is 6.94. The van der Waals surface area contributed by atoms with Gasteiger partial charge in [-0.15, -0.1) is 0 Å². The lowest BCUT2D eigenvalue weighted by Crippen LogP contribution is -2.35. The van der Waals surface area contributed by atoms with Crippen LogP contribution in [0.5, 0.6) is 0 Å². The summed E-state index contributed by atoms with van der Waals surface area (Å²) in [5, 5.41) is 3.83. The van der Waals surface area contributed by atoms with Crippen LogP contribution in [0.1, 0.15) is 48.7 Å². The molecule has 0 spiro atoms. The standard InChI is InChI=1S/C18H21FN2O2/c1-13-10-16(23-20-13)12-18(22)21-9-4-2-3-8-17(21)14-6-5-7-15(19)11-14/h5-7,10-11,17H,2-4,8-9,12H2,1H3/t17-/m0/s1. The van der Waals surface area contributed by atoms with Crippen LogP contribution >= 0.6 is 0 Å². The van der Waals surface area contributed by atoms with E-state index >= 15 is 0 Å². The Labute approximate surface area is 135 Å². The third-order valence-corrected chi connectivity index (χ3v) is 4.31. The minimum atomic E-state index is -0.259.